The number of nitrogens with zero attached hydrogens (tertiary/aromatic N) is 1. The second-order valence-corrected chi connectivity index (χ2v) is 4.90. The summed E-state index contributed by atoms with van der Waals surface area (Å²) in [5, 5.41) is 11.5. The summed E-state index contributed by atoms with van der Waals surface area (Å²) in [6, 6.07) is 16.4. The molecule has 1 amide bonds. The molecule has 5 heteroatoms. The number of ether oxygens (including phenoxy) is 1. The van der Waals surface area contributed by atoms with E-state index >= 15 is 0 Å². The van der Waals surface area contributed by atoms with Gasteiger partial charge in [-0.05, 0) is 23.8 Å². The maximum atomic E-state index is 11.7. The monoisotopic (exact) mass is 330 g/mol. The Labute approximate surface area is 125 Å². The number of amides is 1. The SMILES string of the molecule is N#Cc1ccc(Br)cc1NC(=O)OCc1ccccc1. The summed E-state index contributed by atoms with van der Waals surface area (Å²) in [5.74, 6) is 0. The predicted molar refractivity (Wildman–Crippen MR) is 79.1 cm³/mol. The predicted octanol–water partition coefficient (Wildman–Crippen LogP) is 4.07. The number of halogens is 1. The van der Waals surface area contributed by atoms with E-state index in [0.717, 1.165) is 10.0 Å². The van der Waals surface area contributed by atoms with Gasteiger partial charge in [0.1, 0.15) is 12.7 Å². The maximum absolute atomic E-state index is 11.7. The maximum Gasteiger partial charge on any atom is 0.411 e. The van der Waals surface area contributed by atoms with Gasteiger partial charge < -0.3 is 4.74 Å². The van der Waals surface area contributed by atoms with Gasteiger partial charge in [-0.25, -0.2) is 4.79 Å². The quantitative estimate of drug-likeness (QED) is 0.922. The van der Waals surface area contributed by atoms with Crippen molar-refractivity contribution in [2.24, 2.45) is 0 Å². The molecule has 4 nitrogen and oxygen atoms in total. The topological polar surface area (TPSA) is 62.1 Å². The van der Waals surface area contributed by atoms with Crippen LogP contribution >= 0.6 is 15.9 Å². The van der Waals surface area contributed by atoms with E-state index in [1.807, 2.05) is 36.4 Å². The van der Waals surface area contributed by atoms with Gasteiger partial charge in [0, 0.05) is 4.47 Å². The van der Waals surface area contributed by atoms with Gasteiger partial charge in [0.15, 0.2) is 0 Å². The van der Waals surface area contributed by atoms with Crippen LogP contribution < -0.4 is 5.32 Å². The third-order valence-corrected chi connectivity index (χ3v) is 3.04. The Hall–Kier alpha value is -2.32. The molecule has 0 aromatic heterocycles. The summed E-state index contributed by atoms with van der Waals surface area (Å²) in [6.07, 6.45) is -0.594. The summed E-state index contributed by atoms with van der Waals surface area (Å²) in [7, 11) is 0. The summed E-state index contributed by atoms with van der Waals surface area (Å²) in [5.41, 5.74) is 1.70. The van der Waals surface area contributed by atoms with E-state index < -0.39 is 6.09 Å². The highest BCUT2D eigenvalue weighted by atomic mass is 79.9. The fourth-order valence-electron chi connectivity index (χ4n) is 1.59. The molecule has 0 radical (unpaired) electrons. The van der Waals surface area contributed by atoms with E-state index in [-0.39, 0.29) is 6.61 Å². The first-order valence-corrected chi connectivity index (χ1v) is 6.65. The van der Waals surface area contributed by atoms with E-state index in [0.29, 0.717) is 11.3 Å². The smallest absolute Gasteiger partial charge is 0.411 e. The van der Waals surface area contributed by atoms with Crippen LogP contribution in [0.5, 0.6) is 0 Å². The highest BCUT2D eigenvalue weighted by Gasteiger charge is 2.08. The van der Waals surface area contributed by atoms with Crippen molar-refractivity contribution in [1.29, 1.82) is 5.26 Å². The number of hydrogen-bond donors (Lipinski definition) is 1. The molecule has 1 N–H and O–H groups in total. The number of nitriles is 1. The minimum Gasteiger partial charge on any atom is -0.444 e. The van der Waals surface area contributed by atoms with Crippen molar-refractivity contribution in [3.63, 3.8) is 0 Å². The highest BCUT2D eigenvalue weighted by molar-refractivity contribution is 9.10. The summed E-state index contributed by atoms with van der Waals surface area (Å²) >= 11 is 3.29. The number of benzene rings is 2. The van der Waals surface area contributed by atoms with E-state index in [4.69, 9.17) is 10.00 Å². The van der Waals surface area contributed by atoms with E-state index in [2.05, 4.69) is 21.2 Å². The molecule has 2 rings (SSSR count). The van der Waals surface area contributed by atoms with Crippen molar-refractivity contribution >= 4 is 27.7 Å². The fourth-order valence-corrected chi connectivity index (χ4v) is 1.95. The van der Waals surface area contributed by atoms with Gasteiger partial charge in [0.2, 0.25) is 0 Å². The number of carbonyl (C=O) groups excluding carboxylic acids is 1. The molecule has 0 fully saturated rings. The van der Waals surface area contributed by atoms with Crippen molar-refractivity contribution in [2.45, 2.75) is 6.61 Å². The molecule has 0 aliphatic rings. The van der Waals surface area contributed by atoms with Crippen LogP contribution in [-0.4, -0.2) is 6.09 Å². The fraction of sp³-hybridized carbons (Fsp3) is 0.0667. The molecule has 20 heavy (non-hydrogen) atoms. The molecule has 2 aromatic carbocycles. The van der Waals surface area contributed by atoms with Crippen LogP contribution in [0.1, 0.15) is 11.1 Å². The zero-order valence-electron chi connectivity index (χ0n) is 10.5. The Kier molecular flexibility index (Phi) is 4.75. The number of hydrogen-bond acceptors (Lipinski definition) is 3. The van der Waals surface area contributed by atoms with Crippen LogP contribution in [0, 0.1) is 11.3 Å². The molecule has 0 saturated heterocycles. The van der Waals surface area contributed by atoms with E-state index in [1.165, 1.54) is 0 Å². The molecular formula is C15H11BrN2O2. The zero-order valence-corrected chi connectivity index (χ0v) is 12.1. The molecule has 0 aliphatic carbocycles. The van der Waals surface area contributed by atoms with Gasteiger partial charge in [0.05, 0.1) is 11.3 Å². The second kappa shape index (κ2) is 6.73. The second-order valence-electron chi connectivity index (χ2n) is 3.99. The van der Waals surface area contributed by atoms with E-state index in [1.54, 1.807) is 18.2 Å². The molecule has 0 heterocycles. The van der Waals surface area contributed by atoms with Crippen molar-refractivity contribution in [1.82, 2.24) is 0 Å². The molecule has 2 aromatic rings. The molecule has 0 atom stereocenters. The van der Waals surface area contributed by atoms with Crippen molar-refractivity contribution in [3.05, 3.63) is 64.1 Å². The largest absolute Gasteiger partial charge is 0.444 e. The highest BCUT2D eigenvalue weighted by Crippen LogP contribution is 2.21. The summed E-state index contributed by atoms with van der Waals surface area (Å²) < 4.78 is 5.87. The average Bonchev–Trinajstić information content (AvgIpc) is 2.46. The van der Waals surface area contributed by atoms with Gasteiger partial charge in [-0.15, -0.1) is 0 Å². The van der Waals surface area contributed by atoms with Gasteiger partial charge in [-0.3, -0.25) is 5.32 Å². The number of carbonyl (C=O) groups is 1. The lowest BCUT2D eigenvalue weighted by Crippen LogP contribution is -2.14. The van der Waals surface area contributed by atoms with E-state index in [9.17, 15) is 4.79 Å². The number of anilines is 1. The first-order chi connectivity index (χ1) is 9.69. The minimum absolute atomic E-state index is 0.183. The Morgan fingerprint density at radius 3 is 2.70 bits per heavy atom. The van der Waals surface area contributed by atoms with Crippen LogP contribution in [0.3, 0.4) is 0 Å². The van der Waals surface area contributed by atoms with Gasteiger partial charge in [-0.1, -0.05) is 46.3 Å². The van der Waals surface area contributed by atoms with Crippen LogP contribution in [0.15, 0.2) is 53.0 Å². The third-order valence-electron chi connectivity index (χ3n) is 2.55. The lowest BCUT2D eigenvalue weighted by Gasteiger charge is -2.08. The molecule has 0 saturated carbocycles. The average molecular weight is 331 g/mol. The molecule has 0 unspecified atom stereocenters. The van der Waals surface area contributed by atoms with Gasteiger partial charge in [0.25, 0.3) is 0 Å². The number of rotatable bonds is 3. The molecule has 0 aliphatic heterocycles. The standard InChI is InChI=1S/C15H11BrN2O2/c16-13-7-6-12(9-17)14(8-13)18-15(19)20-10-11-4-2-1-3-5-11/h1-8H,10H2,(H,18,19). The van der Waals surface area contributed by atoms with Crippen molar-refractivity contribution in [2.75, 3.05) is 5.32 Å². The number of nitrogens with one attached hydrogen (secondary N) is 1. The first-order valence-electron chi connectivity index (χ1n) is 5.86. The Balaban J connectivity index is 1.98. The van der Waals surface area contributed by atoms with Crippen LogP contribution in [0.4, 0.5) is 10.5 Å². The van der Waals surface area contributed by atoms with Crippen LogP contribution in [0.25, 0.3) is 0 Å². The minimum atomic E-state index is -0.594. The van der Waals surface area contributed by atoms with Gasteiger partial charge >= 0.3 is 6.09 Å². The van der Waals surface area contributed by atoms with Crippen molar-refractivity contribution in [3.8, 4) is 6.07 Å². The van der Waals surface area contributed by atoms with Crippen molar-refractivity contribution < 1.29 is 9.53 Å². The summed E-state index contributed by atoms with van der Waals surface area (Å²) in [4.78, 5) is 11.7. The Morgan fingerprint density at radius 2 is 2.00 bits per heavy atom. The lowest BCUT2D eigenvalue weighted by atomic mass is 10.2. The third kappa shape index (κ3) is 3.84. The molecular weight excluding hydrogens is 320 g/mol. The normalized spacial score (nSPS) is 9.60. The molecule has 100 valence electrons. The Morgan fingerprint density at radius 1 is 1.25 bits per heavy atom. The Bertz CT molecular complexity index is 651. The molecule has 0 bridgehead atoms. The van der Waals surface area contributed by atoms with Gasteiger partial charge in [-0.2, -0.15) is 5.26 Å². The first kappa shape index (κ1) is 14.1. The van der Waals surface area contributed by atoms with Crippen LogP contribution in [-0.2, 0) is 11.3 Å². The molecule has 0 spiro atoms. The van der Waals surface area contributed by atoms with Crippen LogP contribution in [0.2, 0.25) is 0 Å². The summed E-state index contributed by atoms with van der Waals surface area (Å²) in [6.45, 7) is 0.183. The lowest BCUT2D eigenvalue weighted by molar-refractivity contribution is 0.155. The zero-order chi connectivity index (χ0) is 14.4.